The third-order valence-corrected chi connectivity index (χ3v) is 7.90. The van der Waals surface area contributed by atoms with Gasteiger partial charge in [0.2, 0.25) is 5.91 Å². The van der Waals surface area contributed by atoms with Gasteiger partial charge in [0.25, 0.3) is 0 Å². The molecule has 2 bridgehead atoms. The Balaban J connectivity index is 0.00000180. The molecule has 2 N–H and O–H groups in total. The molecule has 1 aromatic rings. The monoisotopic (exact) mass is 390 g/mol. The molecule has 1 heterocycles. The van der Waals surface area contributed by atoms with E-state index in [0.717, 1.165) is 36.5 Å². The van der Waals surface area contributed by atoms with Gasteiger partial charge in [-0.2, -0.15) is 0 Å². The van der Waals surface area contributed by atoms with E-state index in [4.69, 9.17) is 10.5 Å². The molecule has 148 valence electrons. The Morgan fingerprint density at radius 1 is 1.15 bits per heavy atom. The molecule has 0 aromatic heterocycles. The van der Waals surface area contributed by atoms with E-state index in [1.165, 1.54) is 38.5 Å². The Morgan fingerprint density at radius 3 is 2.41 bits per heavy atom. The van der Waals surface area contributed by atoms with E-state index in [2.05, 4.69) is 11.0 Å². The number of hydrogen-bond donors (Lipinski definition) is 1. The first-order valence-electron chi connectivity index (χ1n) is 10.3. The lowest BCUT2D eigenvalue weighted by Gasteiger charge is -2.56. The summed E-state index contributed by atoms with van der Waals surface area (Å²) in [6.45, 7) is 2.27. The number of fused-ring (bicyclic) bond motifs is 3. The molecule has 4 aliphatic rings. The van der Waals surface area contributed by atoms with Crippen molar-refractivity contribution in [3.63, 3.8) is 0 Å². The predicted octanol–water partition coefficient (Wildman–Crippen LogP) is 3.58. The number of primary amides is 1. The SMILES string of the molecule is CO[C@]1(c2cccc(C(N)=O)c2)[C@@H]2CCC[C@H]1CN(C1CC3CC3C1)C2.Cl. The maximum Gasteiger partial charge on any atom is 0.248 e. The van der Waals surface area contributed by atoms with Crippen molar-refractivity contribution in [3.8, 4) is 0 Å². The van der Waals surface area contributed by atoms with Crippen LogP contribution in [0, 0.1) is 23.7 Å². The molecular formula is C22H31ClN2O2. The highest BCUT2D eigenvalue weighted by molar-refractivity contribution is 5.92. The van der Waals surface area contributed by atoms with Crippen molar-refractivity contribution >= 4 is 18.3 Å². The molecule has 3 saturated carbocycles. The van der Waals surface area contributed by atoms with Crippen LogP contribution >= 0.6 is 12.4 Å². The summed E-state index contributed by atoms with van der Waals surface area (Å²) >= 11 is 0. The van der Waals surface area contributed by atoms with Gasteiger partial charge in [-0.25, -0.2) is 0 Å². The van der Waals surface area contributed by atoms with E-state index in [-0.39, 0.29) is 23.9 Å². The molecule has 1 amide bonds. The molecule has 27 heavy (non-hydrogen) atoms. The number of methoxy groups -OCH3 is 1. The molecule has 5 rings (SSSR count). The number of hydrogen-bond acceptors (Lipinski definition) is 3. The molecule has 4 fully saturated rings. The largest absolute Gasteiger partial charge is 0.373 e. The number of ether oxygens (including phenoxy) is 1. The van der Waals surface area contributed by atoms with E-state index < -0.39 is 0 Å². The number of carbonyl (C=O) groups excluding carboxylic acids is 1. The third kappa shape index (κ3) is 3.01. The molecule has 4 nitrogen and oxygen atoms in total. The van der Waals surface area contributed by atoms with Gasteiger partial charge in [-0.1, -0.05) is 18.6 Å². The van der Waals surface area contributed by atoms with Crippen molar-refractivity contribution in [1.82, 2.24) is 4.90 Å². The van der Waals surface area contributed by atoms with Crippen LogP contribution in [0.2, 0.25) is 0 Å². The summed E-state index contributed by atoms with van der Waals surface area (Å²) in [5.41, 5.74) is 7.03. The zero-order valence-electron chi connectivity index (χ0n) is 16.1. The second-order valence-corrected chi connectivity index (χ2v) is 9.10. The minimum Gasteiger partial charge on any atom is -0.373 e. The quantitative estimate of drug-likeness (QED) is 0.854. The average Bonchev–Trinajstić information content (AvgIpc) is 3.25. The Bertz CT molecular complexity index is 700. The molecule has 1 aliphatic heterocycles. The molecular weight excluding hydrogens is 360 g/mol. The van der Waals surface area contributed by atoms with Gasteiger partial charge in [-0.05, 0) is 61.6 Å². The van der Waals surface area contributed by atoms with E-state index in [1.807, 2.05) is 25.3 Å². The minimum atomic E-state index is -0.356. The highest BCUT2D eigenvalue weighted by Crippen LogP contribution is 2.56. The normalized spacial score (nSPS) is 40.1. The number of carbonyl (C=O) groups is 1. The van der Waals surface area contributed by atoms with E-state index in [9.17, 15) is 4.79 Å². The molecule has 0 radical (unpaired) electrons. The van der Waals surface area contributed by atoms with Crippen LogP contribution in [0.25, 0.3) is 0 Å². The Morgan fingerprint density at radius 2 is 1.81 bits per heavy atom. The summed E-state index contributed by atoms with van der Waals surface area (Å²) in [4.78, 5) is 14.5. The molecule has 3 aliphatic carbocycles. The van der Waals surface area contributed by atoms with Gasteiger partial charge in [0.05, 0.1) is 0 Å². The number of halogens is 1. The average molecular weight is 391 g/mol. The van der Waals surface area contributed by atoms with Crippen molar-refractivity contribution in [2.75, 3.05) is 20.2 Å². The molecule has 1 aromatic carbocycles. The molecule has 1 saturated heterocycles. The van der Waals surface area contributed by atoms with Crippen LogP contribution in [-0.2, 0) is 10.3 Å². The third-order valence-electron chi connectivity index (χ3n) is 7.90. The lowest BCUT2D eigenvalue weighted by Crippen LogP contribution is -2.60. The summed E-state index contributed by atoms with van der Waals surface area (Å²) in [7, 11) is 1.86. The van der Waals surface area contributed by atoms with Crippen LogP contribution in [0.4, 0.5) is 0 Å². The zero-order chi connectivity index (χ0) is 17.9. The van der Waals surface area contributed by atoms with Crippen molar-refractivity contribution < 1.29 is 9.53 Å². The molecule has 5 atom stereocenters. The van der Waals surface area contributed by atoms with Crippen LogP contribution < -0.4 is 5.73 Å². The van der Waals surface area contributed by atoms with Crippen molar-refractivity contribution in [1.29, 1.82) is 0 Å². The Labute approximate surface area is 168 Å². The fourth-order valence-corrected chi connectivity index (χ4v) is 6.58. The maximum atomic E-state index is 11.7. The molecule has 2 unspecified atom stereocenters. The first kappa shape index (κ1) is 19.2. The first-order chi connectivity index (χ1) is 12.6. The van der Waals surface area contributed by atoms with E-state index in [1.54, 1.807) is 0 Å². The molecule has 5 heteroatoms. The van der Waals surface area contributed by atoms with Gasteiger partial charge in [0.15, 0.2) is 0 Å². The van der Waals surface area contributed by atoms with Crippen LogP contribution in [0.1, 0.15) is 54.4 Å². The zero-order valence-corrected chi connectivity index (χ0v) is 16.9. The van der Waals surface area contributed by atoms with Gasteiger partial charge in [0, 0.05) is 43.6 Å². The lowest BCUT2D eigenvalue weighted by molar-refractivity contribution is -0.174. The lowest BCUT2D eigenvalue weighted by atomic mass is 9.62. The first-order valence-corrected chi connectivity index (χ1v) is 10.3. The predicted molar refractivity (Wildman–Crippen MR) is 108 cm³/mol. The summed E-state index contributed by atoms with van der Waals surface area (Å²) in [6, 6.07) is 8.70. The number of amides is 1. The Kier molecular flexibility index (Phi) is 5.02. The van der Waals surface area contributed by atoms with Gasteiger partial charge < -0.3 is 10.5 Å². The van der Waals surface area contributed by atoms with Crippen LogP contribution in [0.3, 0.4) is 0 Å². The van der Waals surface area contributed by atoms with Crippen LogP contribution in [-0.4, -0.2) is 37.0 Å². The number of rotatable bonds is 4. The van der Waals surface area contributed by atoms with E-state index >= 15 is 0 Å². The van der Waals surface area contributed by atoms with E-state index in [0.29, 0.717) is 17.4 Å². The second kappa shape index (κ2) is 7.06. The summed E-state index contributed by atoms with van der Waals surface area (Å²) in [5, 5.41) is 0. The van der Waals surface area contributed by atoms with Crippen molar-refractivity contribution in [2.45, 2.75) is 50.2 Å². The van der Waals surface area contributed by atoms with Gasteiger partial charge in [-0.3, -0.25) is 9.69 Å². The number of nitrogens with two attached hydrogens (primary N) is 1. The summed E-state index contributed by atoms with van der Waals surface area (Å²) < 4.78 is 6.33. The van der Waals surface area contributed by atoms with Crippen molar-refractivity contribution in [2.24, 2.45) is 29.4 Å². The van der Waals surface area contributed by atoms with Gasteiger partial charge in [0.1, 0.15) is 5.60 Å². The molecule has 0 spiro atoms. The standard InChI is InChI=1S/C22H30N2O2.ClH/c1-26-22(17-5-2-4-14(9-17)21(23)25)18-6-3-7-19(22)13-24(12-18)20-10-15-8-16(15)11-20;/h2,4-5,9,15-16,18-20H,3,6-8,10-13H2,1H3,(H2,23,25);1H/t15?,16?,18-,19+,20?,22-;. The number of piperidine rings is 1. The smallest absolute Gasteiger partial charge is 0.248 e. The number of benzene rings is 1. The number of nitrogens with zero attached hydrogens (tertiary/aromatic N) is 1. The van der Waals surface area contributed by atoms with Gasteiger partial charge >= 0.3 is 0 Å². The van der Waals surface area contributed by atoms with Crippen molar-refractivity contribution in [3.05, 3.63) is 35.4 Å². The highest BCUT2D eigenvalue weighted by atomic mass is 35.5. The van der Waals surface area contributed by atoms with Gasteiger partial charge in [-0.15, -0.1) is 12.4 Å². The minimum absolute atomic E-state index is 0. The summed E-state index contributed by atoms with van der Waals surface area (Å²) in [6.07, 6.45) is 8.03. The highest BCUT2D eigenvalue weighted by Gasteiger charge is 2.56. The fourth-order valence-electron chi connectivity index (χ4n) is 6.58. The maximum absolute atomic E-state index is 11.7. The van der Waals surface area contributed by atoms with Crippen LogP contribution in [0.15, 0.2) is 24.3 Å². The van der Waals surface area contributed by atoms with Crippen LogP contribution in [0.5, 0.6) is 0 Å². The summed E-state index contributed by atoms with van der Waals surface area (Å²) in [5.74, 6) is 2.70. The second-order valence-electron chi connectivity index (χ2n) is 9.10. The fraction of sp³-hybridized carbons (Fsp3) is 0.682. The topological polar surface area (TPSA) is 55.6 Å². The number of likely N-dealkylation sites (tertiary alicyclic amines) is 1. The Hall–Kier alpha value is -1.10.